The van der Waals surface area contributed by atoms with Crippen LogP contribution < -0.4 is 9.88 Å². The summed E-state index contributed by atoms with van der Waals surface area (Å²) in [6.07, 6.45) is 1.17. The maximum Gasteiger partial charge on any atom is 0.410 e. The van der Waals surface area contributed by atoms with Crippen molar-refractivity contribution in [1.82, 2.24) is 14.8 Å². The Hall–Kier alpha value is -4.33. The Morgan fingerprint density at radius 1 is 0.933 bits per heavy atom. The fraction of sp³-hybridized carbons (Fsp3) is 0.432. The second kappa shape index (κ2) is 12.6. The van der Waals surface area contributed by atoms with E-state index in [1.165, 1.54) is 27.8 Å². The van der Waals surface area contributed by atoms with Crippen molar-refractivity contribution in [2.24, 2.45) is 0 Å². The summed E-state index contributed by atoms with van der Waals surface area (Å²) in [6.45, 7) is 13.6. The van der Waals surface area contributed by atoms with Gasteiger partial charge in [0.25, 0.3) is 5.82 Å². The summed E-state index contributed by atoms with van der Waals surface area (Å²) in [5.41, 5.74) is 7.95. The van der Waals surface area contributed by atoms with E-state index in [1.807, 2.05) is 37.8 Å². The van der Waals surface area contributed by atoms with E-state index in [1.54, 1.807) is 0 Å². The number of carbonyl (C=O) groups is 2. The molecule has 1 fully saturated rings. The third-order valence-electron chi connectivity index (χ3n) is 9.19. The summed E-state index contributed by atoms with van der Waals surface area (Å²) < 4.78 is 16.0. The Kier molecular flexibility index (Phi) is 8.58. The number of hydrogen-bond acceptors (Lipinski definition) is 4. The molecule has 0 bridgehead atoms. The molecule has 0 saturated carbocycles. The van der Waals surface area contributed by atoms with Crippen LogP contribution in [0.25, 0.3) is 22.2 Å². The van der Waals surface area contributed by atoms with Gasteiger partial charge in [-0.15, -0.1) is 0 Å². The molecule has 8 nitrogen and oxygen atoms in total. The standard InChI is InChI=1S/C37H44N4O4/c1-6-40-32-17-16-26(25-18-20-39(21-19-25)36(43)45-37(3,4)5)22-33(32)41(7-2)34(40)23-38-35(42)44-24-31-29-14-10-8-12-27(29)28-13-9-11-15-30(28)31/h8-17,22,25,31H,6-7,18-21,23-24H2,1-5H3/p+1. The van der Waals surface area contributed by atoms with Gasteiger partial charge in [-0.05, 0) is 93.3 Å². The number of aromatic nitrogens is 2. The van der Waals surface area contributed by atoms with Crippen molar-refractivity contribution in [3.8, 4) is 11.1 Å². The van der Waals surface area contributed by atoms with E-state index in [0.29, 0.717) is 32.2 Å². The van der Waals surface area contributed by atoms with Crippen LogP contribution in [-0.2, 0) is 29.1 Å². The Labute approximate surface area is 265 Å². The van der Waals surface area contributed by atoms with Gasteiger partial charge in [-0.3, -0.25) is 0 Å². The molecule has 236 valence electrons. The Bertz CT molecular complexity index is 1670. The molecule has 1 aliphatic heterocycles. The van der Waals surface area contributed by atoms with Crippen molar-refractivity contribution >= 4 is 23.2 Å². The smallest absolute Gasteiger partial charge is 0.410 e. The van der Waals surface area contributed by atoms with Crippen LogP contribution in [0, 0.1) is 0 Å². The van der Waals surface area contributed by atoms with Crippen LogP contribution in [0.1, 0.15) is 81.8 Å². The van der Waals surface area contributed by atoms with Crippen LogP contribution in [0.15, 0.2) is 66.7 Å². The van der Waals surface area contributed by atoms with Gasteiger partial charge in [-0.1, -0.05) is 54.6 Å². The molecule has 6 rings (SSSR count). The van der Waals surface area contributed by atoms with Gasteiger partial charge in [0.05, 0.1) is 13.1 Å². The Morgan fingerprint density at radius 3 is 2.18 bits per heavy atom. The minimum atomic E-state index is -0.489. The topological polar surface area (TPSA) is 76.7 Å². The van der Waals surface area contributed by atoms with Crippen LogP contribution in [0.5, 0.6) is 0 Å². The number of benzene rings is 3. The minimum Gasteiger partial charge on any atom is -0.449 e. The quantitative estimate of drug-likeness (QED) is 0.226. The van der Waals surface area contributed by atoms with Crippen LogP contribution in [-0.4, -0.2) is 47.0 Å². The average Bonchev–Trinajstić information content (AvgIpc) is 3.53. The predicted octanol–water partition coefficient (Wildman–Crippen LogP) is 7.12. The third kappa shape index (κ3) is 6.15. The van der Waals surface area contributed by atoms with E-state index < -0.39 is 11.7 Å². The molecule has 1 N–H and O–H groups in total. The molecule has 3 aromatic carbocycles. The van der Waals surface area contributed by atoms with Gasteiger partial charge in [0.15, 0.2) is 11.0 Å². The molecule has 0 atom stereocenters. The molecule has 1 aliphatic carbocycles. The first-order valence-electron chi connectivity index (χ1n) is 16.3. The molecule has 4 aromatic rings. The number of ether oxygens (including phenoxy) is 2. The summed E-state index contributed by atoms with van der Waals surface area (Å²) in [4.78, 5) is 27.4. The van der Waals surface area contributed by atoms with E-state index in [9.17, 15) is 9.59 Å². The highest BCUT2D eigenvalue weighted by molar-refractivity contribution is 5.79. The number of imidazole rings is 1. The van der Waals surface area contributed by atoms with E-state index in [0.717, 1.165) is 42.8 Å². The zero-order chi connectivity index (χ0) is 31.7. The summed E-state index contributed by atoms with van der Waals surface area (Å²) >= 11 is 0. The summed E-state index contributed by atoms with van der Waals surface area (Å²) in [5.74, 6) is 1.45. The zero-order valence-electron chi connectivity index (χ0n) is 27.1. The van der Waals surface area contributed by atoms with E-state index in [-0.39, 0.29) is 12.0 Å². The lowest BCUT2D eigenvalue weighted by molar-refractivity contribution is -0.676. The van der Waals surface area contributed by atoms with Crippen molar-refractivity contribution in [3.63, 3.8) is 0 Å². The maximum atomic E-state index is 13.0. The predicted molar refractivity (Wildman–Crippen MR) is 175 cm³/mol. The van der Waals surface area contributed by atoms with Crippen LogP contribution >= 0.6 is 0 Å². The van der Waals surface area contributed by atoms with E-state index in [2.05, 4.69) is 82.9 Å². The number of aryl methyl sites for hydroxylation is 2. The molecule has 1 saturated heterocycles. The van der Waals surface area contributed by atoms with Crippen LogP contribution in [0.3, 0.4) is 0 Å². The van der Waals surface area contributed by atoms with Crippen molar-refractivity contribution in [2.75, 3.05) is 19.7 Å². The van der Waals surface area contributed by atoms with E-state index >= 15 is 0 Å². The number of rotatable bonds is 7. The fourth-order valence-corrected chi connectivity index (χ4v) is 7.08. The number of nitrogens with zero attached hydrogens (tertiary/aromatic N) is 3. The SMILES string of the molecule is CCn1c(CNC(=O)OCC2c3ccccc3-c3ccccc32)[n+](CC)c2ccc(C3CCN(C(=O)OC(C)(C)C)CC3)cc21. The van der Waals surface area contributed by atoms with Gasteiger partial charge in [0.1, 0.15) is 18.8 Å². The monoisotopic (exact) mass is 609 g/mol. The van der Waals surface area contributed by atoms with Crippen molar-refractivity contribution in [1.29, 1.82) is 0 Å². The fourth-order valence-electron chi connectivity index (χ4n) is 7.08. The number of piperidine rings is 1. The average molecular weight is 610 g/mol. The second-order valence-corrected chi connectivity index (χ2v) is 13.1. The molecule has 2 aliphatic rings. The molecule has 2 heterocycles. The number of alkyl carbamates (subject to hydrolysis) is 1. The first-order valence-corrected chi connectivity index (χ1v) is 16.3. The van der Waals surface area contributed by atoms with Crippen LogP contribution in [0.2, 0.25) is 0 Å². The number of fused-ring (bicyclic) bond motifs is 4. The Morgan fingerprint density at radius 2 is 1.58 bits per heavy atom. The summed E-state index contributed by atoms with van der Waals surface area (Å²) in [5, 5.41) is 3.04. The van der Waals surface area contributed by atoms with Gasteiger partial charge in [-0.25, -0.2) is 18.7 Å². The first-order chi connectivity index (χ1) is 21.7. The van der Waals surface area contributed by atoms with Crippen LogP contribution in [0.4, 0.5) is 9.59 Å². The molecular formula is C37H45N4O4+. The highest BCUT2D eigenvalue weighted by atomic mass is 16.6. The second-order valence-electron chi connectivity index (χ2n) is 13.1. The van der Waals surface area contributed by atoms with Gasteiger partial charge in [-0.2, -0.15) is 0 Å². The molecule has 8 heteroatoms. The van der Waals surface area contributed by atoms with Gasteiger partial charge in [0.2, 0.25) is 0 Å². The zero-order valence-corrected chi connectivity index (χ0v) is 27.1. The van der Waals surface area contributed by atoms with Crippen molar-refractivity contribution < 1.29 is 23.6 Å². The summed E-state index contributed by atoms with van der Waals surface area (Å²) in [7, 11) is 0. The molecule has 0 radical (unpaired) electrons. The number of hydrogen-bond donors (Lipinski definition) is 1. The Balaban J connectivity index is 1.13. The number of carbonyl (C=O) groups excluding carboxylic acids is 2. The molecule has 2 amide bonds. The lowest BCUT2D eigenvalue weighted by Gasteiger charge is -2.33. The number of amides is 2. The maximum absolute atomic E-state index is 13.0. The number of nitrogens with one attached hydrogen (secondary N) is 1. The number of likely N-dealkylation sites (tertiary alicyclic amines) is 1. The normalized spacial score (nSPS) is 15.2. The molecular weight excluding hydrogens is 564 g/mol. The summed E-state index contributed by atoms with van der Waals surface area (Å²) in [6, 6.07) is 23.5. The lowest BCUT2D eigenvalue weighted by atomic mass is 9.89. The molecule has 1 aromatic heterocycles. The largest absolute Gasteiger partial charge is 0.449 e. The first kappa shape index (κ1) is 30.7. The molecule has 45 heavy (non-hydrogen) atoms. The van der Waals surface area contributed by atoms with E-state index in [4.69, 9.17) is 9.47 Å². The molecule has 0 unspecified atom stereocenters. The van der Waals surface area contributed by atoms with Crippen molar-refractivity contribution in [3.05, 3.63) is 89.2 Å². The van der Waals surface area contributed by atoms with Gasteiger partial charge in [0, 0.05) is 19.0 Å². The molecule has 0 spiro atoms. The van der Waals surface area contributed by atoms with Crippen molar-refractivity contribution in [2.45, 2.75) is 84.5 Å². The highest BCUT2D eigenvalue weighted by Crippen LogP contribution is 2.44. The third-order valence-corrected chi connectivity index (χ3v) is 9.19. The van der Waals surface area contributed by atoms with Gasteiger partial charge >= 0.3 is 12.2 Å². The van der Waals surface area contributed by atoms with Gasteiger partial charge < -0.3 is 19.7 Å². The lowest BCUT2D eigenvalue weighted by Crippen LogP contribution is -2.41. The highest BCUT2D eigenvalue weighted by Gasteiger charge is 2.31. The minimum absolute atomic E-state index is 0.0280.